The van der Waals surface area contributed by atoms with E-state index < -0.39 is 6.10 Å². The number of furan rings is 1. The van der Waals surface area contributed by atoms with Crippen molar-refractivity contribution in [2.24, 2.45) is 0 Å². The van der Waals surface area contributed by atoms with Gasteiger partial charge in [0, 0.05) is 25.5 Å². The lowest BCUT2D eigenvalue weighted by atomic mass is 10.2. The third-order valence-electron chi connectivity index (χ3n) is 3.22. The number of nitrogens with one attached hydrogen (secondary N) is 1. The molecule has 1 aromatic carbocycles. The highest BCUT2D eigenvalue weighted by molar-refractivity contribution is 5.29. The number of ether oxygens (including phenoxy) is 1. The van der Waals surface area contributed by atoms with Crippen LogP contribution in [-0.2, 0) is 6.54 Å². The van der Waals surface area contributed by atoms with Gasteiger partial charge in [-0.3, -0.25) is 4.98 Å². The summed E-state index contributed by atoms with van der Waals surface area (Å²) in [4.78, 5) is 8.00. The molecule has 1 unspecified atom stereocenters. The third-order valence-corrected chi connectivity index (χ3v) is 3.22. The summed E-state index contributed by atoms with van der Waals surface area (Å²) < 4.78 is 10.7. The van der Waals surface area contributed by atoms with Crippen LogP contribution in [0.15, 0.2) is 65.7 Å². The van der Waals surface area contributed by atoms with Gasteiger partial charge in [0.1, 0.15) is 17.6 Å². The van der Waals surface area contributed by atoms with Crippen LogP contribution in [0.1, 0.15) is 17.4 Å². The van der Waals surface area contributed by atoms with Crippen molar-refractivity contribution >= 4 is 0 Å². The molecule has 2 heterocycles. The summed E-state index contributed by atoms with van der Waals surface area (Å²) in [7, 11) is 0. The van der Waals surface area contributed by atoms with Gasteiger partial charge in [0.05, 0.1) is 12.5 Å². The first kappa shape index (κ1) is 15.2. The lowest BCUT2D eigenvalue weighted by molar-refractivity contribution is 0.147. The zero-order chi connectivity index (χ0) is 15.9. The van der Waals surface area contributed by atoms with Crippen molar-refractivity contribution in [3.05, 3.63) is 72.6 Å². The summed E-state index contributed by atoms with van der Waals surface area (Å²) >= 11 is 0. The Morgan fingerprint density at radius 3 is 2.74 bits per heavy atom. The van der Waals surface area contributed by atoms with Crippen LogP contribution in [0.3, 0.4) is 0 Å². The summed E-state index contributed by atoms with van der Waals surface area (Å²) in [6.45, 7) is 1.06. The van der Waals surface area contributed by atoms with E-state index in [0.29, 0.717) is 30.5 Å². The third kappa shape index (κ3) is 4.38. The number of aliphatic hydroxyl groups is 1. The van der Waals surface area contributed by atoms with Gasteiger partial charge in [0.2, 0.25) is 5.88 Å². The van der Waals surface area contributed by atoms with Crippen LogP contribution in [-0.4, -0.2) is 21.6 Å². The maximum Gasteiger partial charge on any atom is 0.237 e. The molecule has 23 heavy (non-hydrogen) atoms. The molecule has 0 radical (unpaired) electrons. The van der Waals surface area contributed by atoms with Crippen LogP contribution in [0, 0.1) is 0 Å². The van der Waals surface area contributed by atoms with E-state index in [0.717, 1.165) is 5.56 Å². The molecule has 3 rings (SSSR count). The lowest BCUT2D eigenvalue weighted by Crippen LogP contribution is -2.20. The molecule has 0 aliphatic carbocycles. The van der Waals surface area contributed by atoms with Gasteiger partial charge in [-0.25, -0.2) is 4.98 Å². The van der Waals surface area contributed by atoms with Gasteiger partial charge in [0.15, 0.2) is 0 Å². The highest BCUT2D eigenvalue weighted by atomic mass is 16.5. The van der Waals surface area contributed by atoms with Crippen LogP contribution >= 0.6 is 0 Å². The van der Waals surface area contributed by atoms with E-state index in [9.17, 15) is 5.11 Å². The van der Waals surface area contributed by atoms with Gasteiger partial charge in [-0.1, -0.05) is 12.1 Å². The second kappa shape index (κ2) is 7.53. The van der Waals surface area contributed by atoms with Gasteiger partial charge in [-0.05, 0) is 29.8 Å². The van der Waals surface area contributed by atoms with E-state index in [2.05, 4.69) is 15.3 Å². The fourth-order valence-electron chi connectivity index (χ4n) is 2.07. The number of benzene rings is 1. The first-order chi connectivity index (χ1) is 11.3. The number of hydrogen-bond acceptors (Lipinski definition) is 6. The second-order valence-electron chi connectivity index (χ2n) is 4.95. The number of aromatic nitrogens is 2. The molecule has 6 heteroatoms. The number of hydrogen-bond donors (Lipinski definition) is 2. The van der Waals surface area contributed by atoms with E-state index in [1.807, 2.05) is 24.3 Å². The monoisotopic (exact) mass is 311 g/mol. The van der Waals surface area contributed by atoms with Crippen molar-refractivity contribution in [1.82, 2.24) is 15.3 Å². The fourth-order valence-corrected chi connectivity index (χ4v) is 2.07. The normalized spacial score (nSPS) is 12.0. The Kier molecular flexibility index (Phi) is 4.98. The minimum Gasteiger partial charge on any atom is -0.467 e. The predicted octanol–water partition coefficient (Wildman–Crippen LogP) is 2.69. The molecule has 0 saturated heterocycles. The van der Waals surface area contributed by atoms with E-state index in [-0.39, 0.29) is 0 Å². The molecule has 0 bridgehead atoms. The van der Waals surface area contributed by atoms with Crippen molar-refractivity contribution in [2.75, 3.05) is 6.54 Å². The highest BCUT2D eigenvalue weighted by Crippen LogP contribution is 2.18. The molecule has 6 nitrogen and oxygen atoms in total. The first-order valence-electron chi connectivity index (χ1n) is 7.26. The fraction of sp³-hybridized carbons (Fsp3) is 0.176. The Labute approximate surface area is 133 Å². The molecule has 0 amide bonds. The number of nitrogens with zero attached hydrogens (tertiary/aromatic N) is 2. The first-order valence-corrected chi connectivity index (χ1v) is 7.26. The number of aliphatic hydroxyl groups excluding tert-OH is 1. The quantitative estimate of drug-likeness (QED) is 0.698. The molecule has 118 valence electrons. The lowest BCUT2D eigenvalue weighted by Gasteiger charge is -2.10. The molecule has 0 aliphatic heterocycles. The summed E-state index contributed by atoms with van der Waals surface area (Å²) in [6, 6.07) is 11.2. The maximum atomic E-state index is 9.91. The summed E-state index contributed by atoms with van der Waals surface area (Å²) in [6.07, 6.45) is 5.64. The van der Waals surface area contributed by atoms with Crippen LogP contribution in [0.2, 0.25) is 0 Å². The van der Waals surface area contributed by atoms with Crippen LogP contribution < -0.4 is 10.1 Å². The Hall–Kier alpha value is -2.70. The summed E-state index contributed by atoms with van der Waals surface area (Å²) in [5, 5.41) is 13.1. The molecule has 0 aliphatic rings. The van der Waals surface area contributed by atoms with E-state index in [1.165, 1.54) is 0 Å². The Bertz CT molecular complexity index is 700. The SMILES string of the molecule is OC(CNCc1ccc(Oc2cnccn2)cc1)c1ccco1. The van der Waals surface area contributed by atoms with Gasteiger partial charge in [0.25, 0.3) is 0 Å². The Morgan fingerprint density at radius 1 is 1.17 bits per heavy atom. The highest BCUT2D eigenvalue weighted by Gasteiger charge is 2.09. The topological polar surface area (TPSA) is 80.4 Å². The van der Waals surface area contributed by atoms with Crippen molar-refractivity contribution < 1.29 is 14.3 Å². The number of rotatable bonds is 7. The van der Waals surface area contributed by atoms with Gasteiger partial charge < -0.3 is 19.6 Å². The minimum absolute atomic E-state index is 0.422. The van der Waals surface area contributed by atoms with Crippen molar-refractivity contribution in [1.29, 1.82) is 0 Å². The summed E-state index contributed by atoms with van der Waals surface area (Å²) in [5.74, 6) is 1.72. The predicted molar refractivity (Wildman–Crippen MR) is 83.9 cm³/mol. The van der Waals surface area contributed by atoms with Crippen molar-refractivity contribution in [3.8, 4) is 11.6 Å². The zero-order valence-corrected chi connectivity index (χ0v) is 12.4. The molecule has 0 spiro atoms. The average molecular weight is 311 g/mol. The second-order valence-corrected chi connectivity index (χ2v) is 4.95. The van der Waals surface area contributed by atoms with Gasteiger partial charge in [-0.15, -0.1) is 0 Å². The van der Waals surface area contributed by atoms with E-state index in [4.69, 9.17) is 9.15 Å². The van der Waals surface area contributed by atoms with Gasteiger partial charge >= 0.3 is 0 Å². The average Bonchev–Trinajstić information content (AvgIpc) is 3.12. The maximum absolute atomic E-state index is 9.91. The van der Waals surface area contributed by atoms with Crippen molar-refractivity contribution in [2.45, 2.75) is 12.6 Å². The molecular formula is C17H17N3O3. The standard InChI is InChI=1S/C17H17N3O3/c21-15(16-2-1-9-22-16)11-19-10-13-3-5-14(6-4-13)23-17-12-18-7-8-20-17/h1-9,12,15,19,21H,10-11H2. The van der Waals surface area contributed by atoms with Crippen LogP contribution in [0.4, 0.5) is 0 Å². The molecule has 3 aromatic rings. The molecule has 1 atom stereocenters. The minimum atomic E-state index is -0.649. The molecular weight excluding hydrogens is 294 g/mol. The molecule has 2 N–H and O–H groups in total. The van der Waals surface area contributed by atoms with Crippen LogP contribution in [0.25, 0.3) is 0 Å². The molecule has 0 saturated carbocycles. The zero-order valence-electron chi connectivity index (χ0n) is 12.4. The van der Waals surface area contributed by atoms with Crippen LogP contribution in [0.5, 0.6) is 11.6 Å². The largest absolute Gasteiger partial charge is 0.467 e. The Balaban J connectivity index is 1.48. The van der Waals surface area contributed by atoms with Gasteiger partial charge in [-0.2, -0.15) is 0 Å². The van der Waals surface area contributed by atoms with Crippen molar-refractivity contribution in [3.63, 3.8) is 0 Å². The molecule has 0 fully saturated rings. The Morgan fingerprint density at radius 2 is 2.04 bits per heavy atom. The van der Waals surface area contributed by atoms with E-state index >= 15 is 0 Å². The van der Waals surface area contributed by atoms with E-state index in [1.54, 1.807) is 37.0 Å². The smallest absolute Gasteiger partial charge is 0.237 e. The summed E-state index contributed by atoms with van der Waals surface area (Å²) in [5.41, 5.74) is 1.09. The molecule has 2 aromatic heterocycles.